The highest BCUT2D eigenvalue weighted by molar-refractivity contribution is 5.93. The van der Waals surface area contributed by atoms with E-state index >= 15 is 0 Å². The second kappa shape index (κ2) is 4.54. The van der Waals surface area contributed by atoms with Crippen LogP contribution in [-0.4, -0.2) is 31.2 Å². The van der Waals surface area contributed by atoms with E-state index in [2.05, 4.69) is 0 Å². The monoisotopic (exact) mass is 236 g/mol. The van der Waals surface area contributed by atoms with E-state index in [-0.39, 0.29) is 5.60 Å². The molecule has 0 saturated carbocycles. The Hall–Kier alpha value is -0.670. The lowest BCUT2D eigenvalue weighted by atomic mass is 9.77. The van der Waals surface area contributed by atoms with Crippen molar-refractivity contribution in [3.63, 3.8) is 0 Å². The molecule has 2 saturated heterocycles. The number of ketones is 1. The molecule has 3 rings (SSSR count). The predicted octanol–water partition coefficient (Wildman–Crippen LogP) is 2.25. The van der Waals surface area contributed by atoms with Crippen molar-refractivity contribution in [3.8, 4) is 0 Å². The molecule has 2 heterocycles. The largest absolute Gasteiger partial charge is 0.381 e. The van der Waals surface area contributed by atoms with Crippen LogP contribution in [0.3, 0.4) is 0 Å². The molecule has 3 heteroatoms. The van der Waals surface area contributed by atoms with Gasteiger partial charge in [-0.2, -0.15) is 0 Å². The van der Waals surface area contributed by atoms with Crippen LogP contribution in [0, 0.1) is 5.92 Å². The van der Waals surface area contributed by atoms with Crippen LogP contribution in [0.4, 0.5) is 0 Å². The quantitative estimate of drug-likeness (QED) is 0.700. The molecule has 0 aromatic carbocycles. The van der Waals surface area contributed by atoms with E-state index in [1.54, 1.807) is 0 Å². The summed E-state index contributed by atoms with van der Waals surface area (Å²) in [5, 5.41) is 0. The standard InChI is InChI=1S/C14H20O3/c15-13-2-1-11(9-13)12-3-6-17-14(10-12)4-7-16-8-5-14/h9,12H,1-8,10H2. The Morgan fingerprint density at radius 3 is 2.71 bits per heavy atom. The SMILES string of the molecule is O=C1C=C(C2CCOC3(CCOCC3)C2)CC1. The summed E-state index contributed by atoms with van der Waals surface area (Å²) in [5.41, 5.74) is 1.43. The molecule has 0 aromatic heterocycles. The average molecular weight is 236 g/mol. The van der Waals surface area contributed by atoms with Crippen LogP contribution in [0.2, 0.25) is 0 Å². The summed E-state index contributed by atoms with van der Waals surface area (Å²) in [7, 11) is 0. The van der Waals surface area contributed by atoms with Crippen molar-refractivity contribution < 1.29 is 14.3 Å². The van der Waals surface area contributed by atoms with Gasteiger partial charge >= 0.3 is 0 Å². The first-order valence-electron chi connectivity index (χ1n) is 6.72. The molecular formula is C14H20O3. The van der Waals surface area contributed by atoms with E-state index in [9.17, 15) is 4.79 Å². The fourth-order valence-electron chi connectivity index (χ4n) is 3.38. The second-order valence-corrected chi connectivity index (χ2v) is 5.52. The fraction of sp³-hybridized carbons (Fsp3) is 0.786. The molecule has 0 amide bonds. The average Bonchev–Trinajstić information content (AvgIpc) is 2.77. The Labute approximate surface area is 102 Å². The Balaban J connectivity index is 1.71. The zero-order valence-electron chi connectivity index (χ0n) is 10.2. The number of carbonyl (C=O) groups excluding carboxylic acids is 1. The Morgan fingerprint density at radius 2 is 2.00 bits per heavy atom. The van der Waals surface area contributed by atoms with Gasteiger partial charge in [0.15, 0.2) is 5.78 Å². The number of allylic oxidation sites excluding steroid dienone is 2. The van der Waals surface area contributed by atoms with Gasteiger partial charge in [-0.15, -0.1) is 0 Å². The van der Waals surface area contributed by atoms with Gasteiger partial charge in [0.2, 0.25) is 0 Å². The molecular weight excluding hydrogens is 216 g/mol. The maximum atomic E-state index is 11.3. The minimum Gasteiger partial charge on any atom is -0.381 e. The highest BCUT2D eigenvalue weighted by Gasteiger charge is 2.40. The molecule has 17 heavy (non-hydrogen) atoms. The topological polar surface area (TPSA) is 35.5 Å². The van der Waals surface area contributed by atoms with Gasteiger partial charge in [0.1, 0.15) is 0 Å². The maximum Gasteiger partial charge on any atom is 0.155 e. The fourth-order valence-corrected chi connectivity index (χ4v) is 3.38. The Bertz CT molecular complexity index is 334. The molecule has 0 N–H and O–H groups in total. The molecule has 1 aliphatic carbocycles. The summed E-state index contributed by atoms with van der Waals surface area (Å²) < 4.78 is 11.5. The number of hydrogen-bond donors (Lipinski definition) is 0. The molecule has 2 aliphatic heterocycles. The van der Waals surface area contributed by atoms with E-state index in [1.807, 2.05) is 6.08 Å². The van der Waals surface area contributed by atoms with Crippen LogP contribution in [0.15, 0.2) is 11.6 Å². The van der Waals surface area contributed by atoms with Gasteiger partial charge in [0, 0.05) is 26.2 Å². The van der Waals surface area contributed by atoms with Crippen LogP contribution in [0.5, 0.6) is 0 Å². The van der Waals surface area contributed by atoms with Gasteiger partial charge in [0.25, 0.3) is 0 Å². The number of hydrogen-bond acceptors (Lipinski definition) is 3. The van der Waals surface area contributed by atoms with Crippen LogP contribution < -0.4 is 0 Å². The molecule has 3 nitrogen and oxygen atoms in total. The first kappa shape index (κ1) is 11.4. The lowest BCUT2D eigenvalue weighted by Crippen LogP contribution is -2.44. The summed E-state index contributed by atoms with van der Waals surface area (Å²) in [5.74, 6) is 0.890. The highest BCUT2D eigenvalue weighted by atomic mass is 16.5. The summed E-state index contributed by atoms with van der Waals surface area (Å²) in [6.07, 6.45) is 7.81. The van der Waals surface area contributed by atoms with Crippen molar-refractivity contribution in [1.82, 2.24) is 0 Å². The number of ether oxygens (including phenoxy) is 2. The van der Waals surface area contributed by atoms with E-state index in [1.165, 1.54) is 5.57 Å². The van der Waals surface area contributed by atoms with Crippen molar-refractivity contribution in [3.05, 3.63) is 11.6 Å². The summed E-state index contributed by atoms with van der Waals surface area (Å²) in [4.78, 5) is 11.3. The van der Waals surface area contributed by atoms with Gasteiger partial charge in [-0.3, -0.25) is 4.79 Å². The molecule has 2 fully saturated rings. The summed E-state index contributed by atoms with van der Waals surface area (Å²) >= 11 is 0. The van der Waals surface area contributed by atoms with E-state index in [4.69, 9.17) is 9.47 Å². The van der Waals surface area contributed by atoms with Crippen molar-refractivity contribution in [2.24, 2.45) is 5.92 Å². The minimum atomic E-state index is 0.0493. The molecule has 3 aliphatic rings. The Morgan fingerprint density at radius 1 is 1.18 bits per heavy atom. The molecule has 0 radical (unpaired) electrons. The summed E-state index contributed by atoms with van der Waals surface area (Å²) in [6.45, 7) is 2.49. The van der Waals surface area contributed by atoms with E-state index in [0.29, 0.717) is 11.7 Å². The molecule has 0 aromatic rings. The van der Waals surface area contributed by atoms with E-state index < -0.39 is 0 Å². The second-order valence-electron chi connectivity index (χ2n) is 5.52. The molecule has 94 valence electrons. The van der Waals surface area contributed by atoms with Crippen LogP contribution in [0.1, 0.15) is 38.5 Å². The maximum absolute atomic E-state index is 11.3. The van der Waals surface area contributed by atoms with Crippen molar-refractivity contribution in [2.75, 3.05) is 19.8 Å². The minimum absolute atomic E-state index is 0.0493. The third-order valence-electron chi connectivity index (χ3n) is 4.43. The highest BCUT2D eigenvalue weighted by Crippen LogP contribution is 2.41. The van der Waals surface area contributed by atoms with Gasteiger partial charge in [-0.05, 0) is 44.1 Å². The molecule has 1 spiro atoms. The zero-order chi connectivity index (χ0) is 11.7. The van der Waals surface area contributed by atoms with Crippen molar-refractivity contribution >= 4 is 5.78 Å². The van der Waals surface area contributed by atoms with Gasteiger partial charge in [-0.25, -0.2) is 0 Å². The van der Waals surface area contributed by atoms with Gasteiger partial charge < -0.3 is 9.47 Å². The zero-order valence-corrected chi connectivity index (χ0v) is 10.2. The van der Waals surface area contributed by atoms with Crippen molar-refractivity contribution in [1.29, 1.82) is 0 Å². The van der Waals surface area contributed by atoms with Crippen LogP contribution in [0.25, 0.3) is 0 Å². The van der Waals surface area contributed by atoms with Crippen LogP contribution in [-0.2, 0) is 14.3 Å². The third kappa shape index (κ3) is 2.31. The van der Waals surface area contributed by atoms with Crippen molar-refractivity contribution in [2.45, 2.75) is 44.1 Å². The first-order valence-corrected chi connectivity index (χ1v) is 6.72. The first-order chi connectivity index (χ1) is 8.27. The number of carbonyl (C=O) groups is 1. The molecule has 0 bridgehead atoms. The Kier molecular flexibility index (Phi) is 3.05. The third-order valence-corrected chi connectivity index (χ3v) is 4.43. The lowest BCUT2D eigenvalue weighted by Gasteiger charge is -2.43. The lowest BCUT2D eigenvalue weighted by molar-refractivity contribution is -0.143. The van der Waals surface area contributed by atoms with Crippen LogP contribution >= 0.6 is 0 Å². The normalized spacial score (nSPS) is 32.8. The smallest absolute Gasteiger partial charge is 0.155 e. The molecule has 1 atom stereocenters. The number of rotatable bonds is 1. The summed E-state index contributed by atoms with van der Waals surface area (Å²) in [6, 6.07) is 0. The molecule has 1 unspecified atom stereocenters. The van der Waals surface area contributed by atoms with Gasteiger partial charge in [-0.1, -0.05) is 5.57 Å². The van der Waals surface area contributed by atoms with E-state index in [0.717, 1.165) is 58.3 Å². The van der Waals surface area contributed by atoms with Gasteiger partial charge in [0.05, 0.1) is 5.60 Å². The predicted molar refractivity (Wildman–Crippen MR) is 63.8 cm³/mol.